The van der Waals surface area contributed by atoms with Crippen LogP contribution in [0, 0.1) is 19.5 Å². The Morgan fingerprint density at radius 1 is 1.35 bits per heavy atom. The van der Waals surface area contributed by atoms with Gasteiger partial charge in [0.2, 0.25) is 6.20 Å². The summed E-state index contributed by atoms with van der Waals surface area (Å²) in [7, 11) is 1.47. The van der Waals surface area contributed by atoms with Crippen molar-refractivity contribution in [3.63, 3.8) is 0 Å². The predicted molar refractivity (Wildman–Crippen MR) is 92.5 cm³/mol. The van der Waals surface area contributed by atoms with Gasteiger partial charge >= 0.3 is 0 Å². The smallest absolute Gasteiger partial charge is 0.235 e. The number of nitrogens with zero attached hydrogens (tertiary/aromatic N) is 1. The van der Waals surface area contributed by atoms with Crippen LogP contribution in [0.1, 0.15) is 11.1 Å². The number of hydrogen-bond donors (Lipinski definition) is 0. The van der Waals surface area contributed by atoms with E-state index in [2.05, 4.69) is 0 Å². The Hall–Kier alpha value is -2.16. The Morgan fingerprint density at radius 3 is 2.74 bits per heavy atom. The molecule has 0 atom stereocenters. The Bertz CT molecular complexity index is 749. The molecule has 23 heavy (non-hydrogen) atoms. The van der Waals surface area contributed by atoms with Gasteiger partial charge in [0.1, 0.15) is 12.4 Å². The van der Waals surface area contributed by atoms with E-state index in [0.717, 1.165) is 6.20 Å². The van der Waals surface area contributed by atoms with Gasteiger partial charge in [0.05, 0.1) is 15.6 Å². The van der Waals surface area contributed by atoms with Crippen molar-refractivity contribution in [3.05, 3.63) is 73.2 Å². The van der Waals surface area contributed by atoms with Crippen LogP contribution in [0.5, 0.6) is 11.5 Å². The number of halogens is 2. The molecule has 0 aliphatic heterocycles. The number of rotatable bonds is 6. The first kappa shape index (κ1) is 17.2. The van der Waals surface area contributed by atoms with Crippen molar-refractivity contribution < 1.29 is 18.8 Å². The third-order valence-corrected chi connectivity index (χ3v) is 3.77. The van der Waals surface area contributed by atoms with Gasteiger partial charge in [-0.3, -0.25) is 10.1 Å². The van der Waals surface area contributed by atoms with Crippen LogP contribution in [0.2, 0.25) is 0 Å². The molecule has 0 spiro atoms. The molecular formula is C16H13FINO4. The van der Waals surface area contributed by atoms with Crippen molar-refractivity contribution in [2.45, 2.75) is 6.61 Å². The third-order valence-electron chi connectivity index (χ3n) is 2.97. The van der Waals surface area contributed by atoms with Crippen LogP contribution in [0.15, 0.2) is 42.6 Å². The van der Waals surface area contributed by atoms with Crippen LogP contribution in [-0.2, 0) is 6.61 Å². The molecule has 0 bridgehead atoms. The Kier molecular flexibility index (Phi) is 5.91. The largest absolute Gasteiger partial charge is 0.493 e. The first-order chi connectivity index (χ1) is 11.0. The molecule has 5 nitrogen and oxygen atoms in total. The zero-order valence-electron chi connectivity index (χ0n) is 12.2. The minimum atomic E-state index is -0.540. The Balaban J connectivity index is 2.24. The van der Waals surface area contributed by atoms with Crippen LogP contribution in [0.3, 0.4) is 0 Å². The second-order valence-electron chi connectivity index (χ2n) is 4.52. The van der Waals surface area contributed by atoms with Crippen LogP contribution in [0.4, 0.5) is 4.39 Å². The number of nitro groups is 1. The van der Waals surface area contributed by atoms with Crippen molar-refractivity contribution in [3.8, 4) is 11.5 Å². The van der Waals surface area contributed by atoms with Gasteiger partial charge in [0.15, 0.2) is 11.5 Å². The van der Waals surface area contributed by atoms with Gasteiger partial charge in [0.25, 0.3) is 0 Å². The van der Waals surface area contributed by atoms with Gasteiger partial charge in [0, 0.05) is 11.6 Å². The number of methoxy groups -OCH3 is 1. The van der Waals surface area contributed by atoms with E-state index in [1.165, 1.54) is 19.3 Å². The van der Waals surface area contributed by atoms with E-state index in [1.807, 2.05) is 22.6 Å². The lowest BCUT2D eigenvalue weighted by molar-refractivity contribution is -0.400. The Labute approximate surface area is 146 Å². The molecule has 0 unspecified atom stereocenters. The molecule has 7 heteroatoms. The summed E-state index contributed by atoms with van der Waals surface area (Å²) in [4.78, 5) is 9.86. The lowest BCUT2D eigenvalue weighted by Gasteiger charge is -2.13. The summed E-state index contributed by atoms with van der Waals surface area (Å²) < 4.78 is 25.3. The average Bonchev–Trinajstić information content (AvgIpc) is 2.52. The van der Waals surface area contributed by atoms with E-state index < -0.39 is 4.92 Å². The molecular weight excluding hydrogens is 416 g/mol. The quantitative estimate of drug-likeness (QED) is 0.391. The first-order valence-electron chi connectivity index (χ1n) is 6.56. The second kappa shape index (κ2) is 7.91. The fourth-order valence-corrected chi connectivity index (χ4v) is 2.67. The lowest BCUT2D eigenvalue weighted by atomic mass is 10.2. The minimum Gasteiger partial charge on any atom is -0.493 e. The normalized spacial score (nSPS) is 10.7. The van der Waals surface area contributed by atoms with Gasteiger partial charge in [-0.1, -0.05) is 18.2 Å². The van der Waals surface area contributed by atoms with Crippen LogP contribution in [0.25, 0.3) is 6.08 Å². The first-order valence-corrected chi connectivity index (χ1v) is 7.64. The summed E-state index contributed by atoms with van der Waals surface area (Å²) in [5.41, 5.74) is 1.05. The molecule has 0 heterocycles. The van der Waals surface area contributed by atoms with E-state index in [9.17, 15) is 14.5 Å². The highest BCUT2D eigenvalue weighted by molar-refractivity contribution is 14.1. The molecule has 2 aromatic rings. The van der Waals surface area contributed by atoms with Crippen LogP contribution < -0.4 is 9.47 Å². The maximum Gasteiger partial charge on any atom is 0.235 e. The number of benzene rings is 2. The summed E-state index contributed by atoms with van der Waals surface area (Å²) in [6.45, 7) is 0.0586. The van der Waals surface area contributed by atoms with E-state index in [1.54, 1.807) is 30.3 Å². The van der Waals surface area contributed by atoms with Crippen molar-refractivity contribution in [2.75, 3.05) is 7.11 Å². The summed E-state index contributed by atoms with van der Waals surface area (Å²) in [6, 6.07) is 9.70. The van der Waals surface area contributed by atoms with Gasteiger partial charge in [-0.15, -0.1) is 0 Å². The van der Waals surface area contributed by atoms with E-state index in [4.69, 9.17) is 9.47 Å². The van der Waals surface area contributed by atoms with Crippen molar-refractivity contribution in [2.24, 2.45) is 0 Å². The van der Waals surface area contributed by atoms with Gasteiger partial charge in [-0.2, -0.15) is 0 Å². The van der Waals surface area contributed by atoms with Crippen LogP contribution in [-0.4, -0.2) is 12.0 Å². The summed E-state index contributed by atoms with van der Waals surface area (Å²) in [5.74, 6) is 0.554. The molecule has 0 N–H and O–H groups in total. The standard InChI is InChI=1S/C16H13FINO4/c1-22-15-9-11(6-7-19(20)21)8-14(18)16(15)23-10-12-4-2-3-5-13(12)17/h2-9H,10H2,1H3. The summed E-state index contributed by atoms with van der Waals surface area (Å²) >= 11 is 2.04. The molecule has 0 aliphatic rings. The molecule has 0 amide bonds. The second-order valence-corrected chi connectivity index (χ2v) is 5.68. The molecule has 120 valence electrons. The molecule has 0 aromatic heterocycles. The molecule has 2 rings (SSSR count). The van der Waals surface area contributed by atoms with Crippen molar-refractivity contribution in [1.82, 2.24) is 0 Å². The SMILES string of the molecule is COc1cc(C=C[N+](=O)[O-])cc(I)c1OCc1ccccc1F. The number of ether oxygens (including phenoxy) is 2. The monoisotopic (exact) mass is 429 g/mol. The van der Waals surface area contributed by atoms with E-state index in [0.29, 0.717) is 26.2 Å². The third kappa shape index (κ3) is 4.65. The maximum absolute atomic E-state index is 13.6. The highest BCUT2D eigenvalue weighted by Gasteiger charge is 2.12. The summed E-state index contributed by atoms with van der Waals surface area (Å²) in [6.07, 6.45) is 2.22. The van der Waals surface area contributed by atoms with Crippen molar-refractivity contribution in [1.29, 1.82) is 0 Å². The van der Waals surface area contributed by atoms with Gasteiger partial charge in [-0.05, 0) is 46.4 Å². The number of hydrogen-bond acceptors (Lipinski definition) is 4. The zero-order valence-corrected chi connectivity index (χ0v) is 14.3. The van der Waals surface area contributed by atoms with E-state index >= 15 is 0 Å². The fourth-order valence-electron chi connectivity index (χ4n) is 1.89. The molecule has 0 saturated carbocycles. The molecule has 0 fully saturated rings. The fraction of sp³-hybridized carbons (Fsp3) is 0.125. The molecule has 0 radical (unpaired) electrons. The highest BCUT2D eigenvalue weighted by atomic mass is 127. The van der Waals surface area contributed by atoms with Gasteiger partial charge in [-0.25, -0.2) is 4.39 Å². The minimum absolute atomic E-state index is 0.0586. The maximum atomic E-state index is 13.6. The summed E-state index contributed by atoms with van der Waals surface area (Å²) in [5, 5.41) is 10.4. The van der Waals surface area contributed by atoms with Gasteiger partial charge < -0.3 is 9.47 Å². The Morgan fingerprint density at radius 2 is 2.09 bits per heavy atom. The zero-order chi connectivity index (χ0) is 16.8. The topological polar surface area (TPSA) is 61.6 Å². The average molecular weight is 429 g/mol. The molecule has 0 aliphatic carbocycles. The lowest BCUT2D eigenvalue weighted by Crippen LogP contribution is -2.02. The highest BCUT2D eigenvalue weighted by Crippen LogP contribution is 2.35. The van der Waals surface area contributed by atoms with Crippen molar-refractivity contribution >= 4 is 28.7 Å². The molecule has 2 aromatic carbocycles. The van der Waals surface area contributed by atoms with E-state index in [-0.39, 0.29) is 12.4 Å². The molecule has 0 saturated heterocycles. The van der Waals surface area contributed by atoms with Crippen LogP contribution >= 0.6 is 22.6 Å². The predicted octanol–water partition coefficient (Wildman–Crippen LogP) is 4.27.